The Balaban J connectivity index is 2.05. The summed E-state index contributed by atoms with van der Waals surface area (Å²) in [7, 11) is 1.61. The standard InChI is InChI=1S/C14H16ClNO2S/c1-9-8-19-14(16-9)7-12(17)6-10-5-11(15)3-4-13(10)18-2/h3-5,8,12,17H,6-7H2,1-2H3. The number of thiazole rings is 1. The van der Waals surface area contributed by atoms with Gasteiger partial charge in [0.25, 0.3) is 0 Å². The molecule has 0 radical (unpaired) electrons. The molecular weight excluding hydrogens is 282 g/mol. The molecule has 5 heteroatoms. The minimum atomic E-state index is -0.488. The predicted octanol–water partition coefficient (Wildman–Crippen LogP) is 3.26. The summed E-state index contributed by atoms with van der Waals surface area (Å²) in [6.07, 6.45) is 0.564. The van der Waals surface area contributed by atoms with Gasteiger partial charge in [-0.1, -0.05) is 11.6 Å². The van der Waals surface area contributed by atoms with Crippen molar-refractivity contribution >= 4 is 22.9 Å². The van der Waals surface area contributed by atoms with E-state index in [0.29, 0.717) is 17.9 Å². The maximum absolute atomic E-state index is 10.1. The third-order valence-electron chi connectivity index (χ3n) is 2.77. The van der Waals surface area contributed by atoms with E-state index in [1.54, 1.807) is 24.5 Å². The Hall–Kier alpha value is -1.10. The molecule has 0 aliphatic rings. The van der Waals surface area contributed by atoms with Crippen LogP contribution in [0.5, 0.6) is 5.75 Å². The van der Waals surface area contributed by atoms with E-state index in [9.17, 15) is 5.11 Å². The zero-order chi connectivity index (χ0) is 13.8. The van der Waals surface area contributed by atoms with E-state index < -0.39 is 6.10 Å². The molecule has 0 fully saturated rings. The smallest absolute Gasteiger partial charge is 0.122 e. The molecule has 2 rings (SSSR count). The zero-order valence-electron chi connectivity index (χ0n) is 10.9. The first-order valence-corrected chi connectivity index (χ1v) is 7.25. The lowest BCUT2D eigenvalue weighted by atomic mass is 10.0. The van der Waals surface area contributed by atoms with Gasteiger partial charge in [0.05, 0.1) is 18.2 Å². The quantitative estimate of drug-likeness (QED) is 0.921. The molecule has 102 valence electrons. The topological polar surface area (TPSA) is 42.4 Å². The van der Waals surface area contributed by atoms with E-state index in [4.69, 9.17) is 16.3 Å². The molecule has 0 saturated carbocycles. The zero-order valence-corrected chi connectivity index (χ0v) is 12.5. The Bertz CT molecular complexity index is 556. The summed E-state index contributed by atoms with van der Waals surface area (Å²) in [5, 5.41) is 13.7. The van der Waals surface area contributed by atoms with Crippen LogP contribution in [0.3, 0.4) is 0 Å². The van der Waals surface area contributed by atoms with Crippen molar-refractivity contribution in [3.8, 4) is 5.75 Å². The predicted molar refractivity (Wildman–Crippen MR) is 78.3 cm³/mol. The summed E-state index contributed by atoms with van der Waals surface area (Å²) in [4.78, 5) is 4.35. The van der Waals surface area contributed by atoms with E-state index >= 15 is 0 Å². The first-order valence-electron chi connectivity index (χ1n) is 6.00. The first-order chi connectivity index (χ1) is 9.08. The van der Waals surface area contributed by atoms with Crippen molar-refractivity contribution in [3.05, 3.63) is 44.9 Å². The molecule has 0 saturated heterocycles. The molecule has 1 unspecified atom stereocenters. The van der Waals surface area contributed by atoms with Crippen LogP contribution in [0.25, 0.3) is 0 Å². The molecule has 1 atom stereocenters. The van der Waals surface area contributed by atoms with Crippen molar-refractivity contribution < 1.29 is 9.84 Å². The fraction of sp³-hybridized carbons (Fsp3) is 0.357. The lowest BCUT2D eigenvalue weighted by molar-refractivity contribution is 0.174. The van der Waals surface area contributed by atoms with Crippen LogP contribution < -0.4 is 4.74 Å². The van der Waals surface area contributed by atoms with Crippen LogP contribution in [0.15, 0.2) is 23.6 Å². The van der Waals surface area contributed by atoms with Crippen molar-refractivity contribution in [1.82, 2.24) is 4.98 Å². The SMILES string of the molecule is COc1ccc(Cl)cc1CC(O)Cc1nc(C)cs1. The molecular formula is C14H16ClNO2S. The Kier molecular flexibility index (Phi) is 4.80. The molecule has 1 heterocycles. The summed E-state index contributed by atoms with van der Waals surface area (Å²) in [5.41, 5.74) is 1.91. The van der Waals surface area contributed by atoms with Crippen LogP contribution in [-0.4, -0.2) is 23.3 Å². The van der Waals surface area contributed by atoms with E-state index in [1.165, 1.54) is 0 Å². The van der Waals surface area contributed by atoms with Gasteiger partial charge in [0.2, 0.25) is 0 Å². The highest BCUT2D eigenvalue weighted by atomic mass is 35.5. The Labute approximate surface area is 121 Å². The third kappa shape index (κ3) is 3.93. The number of aliphatic hydroxyl groups excluding tert-OH is 1. The van der Waals surface area contributed by atoms with Gasteiger partial charge in [-0.25, -0.2) is 4.98 Å². The molecule has 0 amide bonds. The van der Waals surface area contributed by atoms with Gasteiger partial charge < -0.3 is 9.84 Å². The van der Waals surface area contributed by atoms with Gasteiger partial charge >= 0.3 is 0 Å². The fourth-order valence-corrected chi connectivity index (χ4v) is 2.97. The molecule has 2 aromatic rings. The highest BCUT2D eigenvalue weighted by Gasteiger charge is 2.13. The number of benzene rings is 1. The molecule has 1 N–H and O–H groups in total. The van der Waals surface area contributed by atoms with Crippen LogP contribution in [-0.2, 0) is 12.8 Å². The number of aromatic nitrogens is 1. The normalized spacial score (nSPS) is 12.4. The number of aliphatic hydroxyl groups is 1. The van der Waals surface area contributed by atoms with Crippen LogP contribution in [0.2, 0.25) is 5.02 Å². The summed E-state index contributed by atoms with van der Waals surface area (Å²) < 4.78 is 5.27. The maximum atomic E-state index is 10.1. The number of halogens is 1. The maximum Gasteiger partial charge on any atom is 0.122 e. The van der Waals surface area contributed by atoms with E-state index in [2.05, 4.69) is 4.98 Å². The number of hydrogen-bond donors (Lipinski definition) is 1. The van der Waals surface area contributed by atoms with Crippen LogP contribution in [0.1, 0.15) is 16.3 Å². The van der Waals surface area contributed by atoms with Crippen molar-refractivity contribution in [2.24, 2.45) is 0 Å². The number of rotatable bonds is 5. The molecule has 1 aromatic heterocycles. The average Bonchev–Trinajstić information content (AvgIpc) is 2.75. The second kappa shape index (κ2) is 6.37. The second-order valence-corrected chi connectivity index (χ2v) is 5.78. The summed E-state index contributed by atoms with van der Waals surface area (Å²) in [6.45, 7) is 1.95. The van der Waals surface area contributed by atoms with Crippen LogP contribution in [0.4, 0.5) is 0 Å². The van der Waals surface area contributed by atoms with Crippen LogP contribution in [0, 0.1) is 6.92 Å². The molecule has 3 nitrogen and oxygen atoms in total. The molecule has 1 aromatic carbocycles. The monoisotopic (exact) mass is 297 g/mol. The van der Waals surface area contributed by atoms with Gasteiger partial charge in [0.1, 0.15) is 5.75 Å². The summed E-state index contributed by atoms with van der Waals surface area (Å²) in [5.74, 6) is 0.749. The van der Waals surface area contributed by atoms with Gasteiger partial charge in [0.15, 0.2) is 0 Å². The van der Waals surface area contributed by atoms with Crippen molar-refractivity contribution in [3.63, 3.8) is 0 Å². The van der Waals surface area contributed by atoms with Crippen molar-refractivity contribution in [1.29, 1.82) is 0 Å². The minimum absolute atomic E-state index is 0.488. The summed E-state index contributed by atoms with van der Waals surface area (Å²) >= 11 is 7.55. The molecule has 0 spiro atoms. The number of nitrogens with zero attached hydrogens (tertiary/aromatic N) is 1. The third-order valence-corrected chi connectivity index (χ3v) is 4.00. The van der Waals surface area contributed by atoms with Crippen molar-refractivity contribution in [2.75, 3.05) is 7.11 Å². The van der Waals surface area contributed by atoms with Crippen molar-refractivity contribution in [2.45, 2.75) is 25.9 Å². The highest BCUT2D eigenvalue weighted by Crippen LogP contribution is 2.24. The summed E-state index contributed by atoms with van der Waals surface area (Å²) in [6, 6.07) is 5.43. The Morgan fingerprint density at radius 3 is 2.84 bits per heavy atom. The Morgan fingerprint density at radius 1 is 1.42 bits per heavy atom. The van der Waals surface area contributed by atoms with E-state index in [1.807, 2.05) is 24.4 Å². The van der Waals surface area contributed by atoms with Gasteiger partial charge in [-0.2, -0.15) is 0 Å². The average molecular weight is 298 g/mol. The highest BCUT2D eigenvalue weighted by molar-refractivity contribution is 7.09. The van der Waals surface area contributed by atoms with Crippen LogP contribution >= 0.6 is 22.9 Å². The first kappa shape index (κ1) is 14.3. The molecule has 0 aliphatic heterocycles. The van der Waals surface area contributed by atoms with E-state index in [0.717, 1.165) is 22.0 Å². The fourth-order valence-electron chi connectivity index (χ4n) is 1.93. The van der Waals surface area contributed by atoms with E-state index in [-0.39, 0.29) is 0 Å². The number of methoxy groups -OCH3 is 1. The number of ether oxygens (including phenoxy) is 1. The van der Waals surface area contributed by atoms with Gasteiger partial charge in [-0.3, -0.25) is 0 Å². The van der Waals surface area contributed by atoms with Gasteiger partial charge in [-0.15, -0.1) is 11.3 Å². The van der Waals surface area contributed by atoms with Gasteiger partial charge in [-0.05, 0) is 30.7 Å². The Morgan fingerprint density at radius 2 is 2.21 bits per heavy atom. The number of hydrogen-bond acceptors (Lipinski definition) is 4. The van der Waals surface area contributed by atoms with Gasteiger partial charge in [0, 0.05) is 28.9 Å². The molecule has 19 heavy (non-hydrogen) atoms. The largest absolute Gasteiger partial charge is 0.496 e. The lowest BCUT2D eigenvalue weighted by Crippen LogP contribution is -2.14. The minimum Gasteiger partial charge on any atom is -0.496 e. The lowest BCUT2D eigenvalue weighted by Gasteiger charge is -2.12. The molecule has 0 aliphatic carbocycles. The second-order valence-electron chi connectivity index (χ2n) is 4.40. The molecule has 0 bridgehead atoms. The number of aryl methyl sites for hydroxylation is 1.